The molecule has 0 bridgehead atoms. The molecule has 106 valence electrons. The SMILES string of the molecule is Cc1cccc(C(O)Cn2ccc3ccccc3c2=O)c1. The van der Waals surface area contributed by atoms with E-state index in [1.54, 1.807) is 10.8 Å². The van der Waals surface area contributed by atoms with Crippen molar-refractivity contribution >= 4 is 10.8 Å². The standard InChI is InChI=1S/C18H17NO2/c1-13-5-4-7-15(11-13)17(20)12-19-10-9-14-6-2-3-8-16(14)18(19)21/h2-11,17,20H,12H2,1H3. The van der Waals surface area contributed by atoms with E-state index in [1.807, 2.05) is 61.5 Å². The normalized spacial score (nSPS) is 12.5. The molecule has 3 nitrogen and oxygen atoms in total. The second kappa shape index (κ2) is 5.54. The second-order valence-electron chi connectivity index (χ2n) is 5.29. The summed E-state index contributed by atoms with van der Waals surface area (Å²) in [4.78, 5) is 12.4. The van der Waals surface area contributed by atoms with Gasteiger partial charge in [0.2, 0.25) is 0 Å². The minimum absolute atomic E-state index is 0.0696. The monoisotopic (exact) mass is 279 g/mol. The number of pyridine rings is 1. The van der Waals surface area contributed by atoms with Crippen LogP contribution in [0.3, 0.4) is 0 Å². The zero-order chi connectivity index (χ0) is 14.8. The molecule has 1 atom stereocenters. The average Bonchev–Trinajstić information content (AvgIpc) is 2.50. The Hall–Kier alpha value is -2.39. The first-order valence-corrected chi connectivity index (χ1v) is 6.98. The van der Waals surface area contributed by atoms with Crippen molar-refractivity contribution in [2.45, 2.75) is 19.6 Å². The predicted octanol–water partition coefficient (Wildman–Crippen LogP) is 3.04. The maximum absolute atomic E-state index is 12.4. The molecule has 0 aliphatic heterocycles. The lowest BCUT2D eigenvalue weighted by Crippen LogP contribution is -2.22. The van der Waals surface area contributed by atoms with Gasteiger partial charge in [-0.25, -0.2) is 0 Å². The van der Waals surface area contributed by atoms with Crippen molar-refractivity contribution in [1.82, 2.24) is 4.57 Å². The molecule has 0 fully saturated rings. The molecule has 0 amide bonds. The number of benzene rings is 2. The molecule has 0 aliphatic rings. The number of hydrogen-bond donors (Lipinski definition) is 1. The summed E-state index contributed by atoms with van der Waals surface area (Å²) < 4.78 is 1.56. The van der Waals surface area contributed by atoms with Gasteiger partial charge in [-0.15, -0.1) is 0 Å². The largest absolute Gasteiger partial charge is 0.387 e. The van der Waals surface area contributed by atoms with Crippen molar-refractivity contribution in [3.05, 3.63) is 82.3 Å². The van der Waals surface area contributed by atoms with Gasteiger partial charge in [-0.1, -0.05) is 48.0 Å². The van der Waals surface area contributed by atoms with Crippen LogP contribution in [0.5, 0.6) is 0 Å². The van der Waals surface area contributed by atoms with Crippen LogP contribution in [0.4, 0.5) is 0 Å². The number of aliphatic hydroxyl groups is 1. The first-order chi connectivity index (χ1) is 10.1. The molecule has 1 aromatic heterocycles. The molecule has 0 radical (unpaired) electrons. The molecule has 1 N–H and O–H groups in total. The van der Waals surface area contributed by atoms with Gasteiger partial charge in [-0.3, -0.25) is 4.79 Å². The number of hydrogen-bond acceptors (Lipinski definition) is 2. The van der Waals surface area contributed by atoms with Crippen LogP contribution < -0.4 is 5.56 Å². The van der Waals surface area contributed by atoms with E-state index in [-0.39, 0.29) is 12.1 Å². The molecule has 3 aromatic rings. The van der Waals surface area contributed by atoms with Gasteiger partial charge in [0.1, 0.15) is 0 Å². The van der Waals surface area contributed by atoms with Gasteiger partial charge in [0.25, 0.3) is 5.56 Å². The first kappa shape index (κ1) is 13.6. The van der Waals surface area contributed by atoms with E-state index in [4.69, 9.17) is 0 Å². The summed E-state index contributed by atoms with van der Waals surface area (Å²) in [6, 6.07) is 17.1. The highest BCUT2D eigenvalue weighted by atomic mass is 16.3. The van der Waals surface area contributed by atoms with Gasteiger partial charge in [-0.05, 0) is 30.0 Å². The summed E-state index contributed by atoms with van der Waals surface area (Å²) in [5.41, 5.74) is 1.85. The molecular formula is C18H17NO2. The van der Waals surface area contributed by atoms with Gasteiger partial charge < -0.3 is 9.67 Å². The number of nitrogens with zero attached hydrogens (tertiary/aromatic N) is 1. The van der Waals surface area contributed by atoms with Crippen LogP contribution in [0.2, 0.25) is 0 Å². The van der Waals surface area contributed by atoms with Gasteiger partial charge in [0.15, 0.2) is 0 Å². The third kappa shape index (κ3) is 2.73. The van der Waals surface area contributed by atoms with E-state index >= 15 is 0 Å². The summed E-state index contributed by atoms with van der Waals surface area (Å²) in [7, 11) is 0. The van der Waals surface area contributed by atoms with Gasteiger partial charge >= 0.3 is 0 Å². The zero-order valence-electron chi connectivity index (χ0n) is 11.9. The van der Waals surface area contributed by atoms with E-state index in [1.165, 1.54) is 0 Å². The molecule has 3 heteroatoms. The van der Waals surface area contributed by atoms with Gasteiger partial charge in [-0.2, -0.15) is 0 Å². The Morgan fingerprint density at radius 1 is 1.10 bits per heavy atom. The van der Waals surface area contributed by atoms with Crippen LogP contribution in [-0.2, 0) is 6.54 Å². The second-order valence-corrected chi connectivity index (χ2v) is 5.29. The quantitative estimate of drug-likeness (QED) is 0.800. The van der Waals surface area contributed by atoms with Crippen LogP contribution >= 0.6 is 0 Å². The third-order valence-corrected chi connectivity index (χ3v) is 3.68. The Morgan fingerprint density at radius 3 is 2.71 bits per heavy atom. The maximum atomic E-state index is 12.4. The van der Waals surface area contributed by atoms with Crippen LogP contribution in [-0.4, -0.2) is 9.67 Å². The highest BCUT2D eigenvalue weighted by Crippen LogP contribution is 2.16. The van der Waals surface area contributed by atoms with E-state index < -0.39 is 6.10 Å². The van der Waals surface area contributed by atoms with Gasteiger partial charge in [0, 0.05) is 11.6 Å². The molecule has 0 saturated heterocycles. The van der Waals surface area contributed by atoms with E-state index in [2.05, 4.69) is 0 Å². The number of fused-ring (bicyclic) bond motifs is 1. The maximum Gasteiger partial charge on any atom is 0.258 e. The predicted molar refractivity (Wildman–Crippen MR) is 84.3 cm³/mol. The number of aromatic nitrogens is 1. The fraction of sp³-hybridized carbons (Fsp3) is 0.167. The summed E-state index contributed by atoms with van der Waals surface area (Å²) in [5, 5.41) is 11.9. The van der Waals surface area contributed by atoms with Gasteiger partial charge in [0.05, 0.1) is 12.6 Å². The Labute approximate surface area is 123 Å². The minimum Gasteiger partial charge on any atom is -0.387 e. The van der Waals surface area contributed by atoms with E-state index in [9.17, 15) is 9.90 Å². The lowest BCUT2D eigenvalue weighted by molar-refractivity contribution is 0.155. The van der Waals surface area contributed by atoms with Crippen molar-refractivity contribution in [1.29, 1.82) is 0 Å². The summed E-state index contributed by atoms with van der Waals surface area (Å²) >= 11 is 0. The Bertz CT molecular complexity index is 836. The van der Waals surface area contributed by atoms with Crippen LogP contribution in [0.25, 0.3) is 10.8 Å². The van der Waals surface area contributed by atoms with Crippen molar-refractivity contribution in [3.8, 4) is 0 Å². The molecule has 3 rings (SSSR count). The molecule has 2 aromatic carbocycles. The minimum atomic E-state index is -0.691. The number of aryl methyl sites for hydroxylation is 1. The fourth-order valence-electron chi connectivity index (χ4n) is 2.54. The van der Waals surface area contributed by atoms with E-state index in [0.717, 1.165) is 16.5 Å². The molecule has 1 heterocycles. The molecule has 0 aliphatic carbocycles. The fourth-order valence-corrected chi connectivity index (χ4v) is 2.54. The van der Waals surface area contributed by atoms with Crippen molar-refractivity contribution in [3.63, 3.8) is 0 Å². The lowest BCUT2D eigenvalue weighted by atomic mass is 10.1. The van der Waals surface area contributed by atoms with Crippen molar-refractivity contribution in [2.24, 2.45) is 0 Å². The number of rotatable bonds is 3. The van der Waals surface area contributed by atoms with Crippen LogP contribution in [0.1, 0.15) is 17.2 Å². The summed E-state index contributed by atoms with van der Waals surface area (Å²) in [6.45, 7) is 2.24. The van der Waals surface area contributed by atoms with E-state index in [0.29, 0.717) is 5.39 Å². The average molecular weight is 279 g/mol. The Morgan fingerprint density at radius 2 is 1.90 bits per heavy atom. The van der Waals surface area contributed by atoms with Crippen LogP contribution in [0, 0.1) is 6.92 Å². The topological polar surface area (TPSA) is 42.2 Å². The molecule has 0 saturated carbocycles. The van der Waals surface area contributed by atoms with Crippen molar-refractivity contribution < 1.29 is 5.11 Å². The highest BCUT2D eigenvalue weighted by molar-refractivity contribution is 5.81. The smallest absolute Gasteiger partial charge is 0.258 e. The highest BCUT2D eigenvalue weighted by Gasteiger charge is 2.10. The molecule has 1 unspecified atom stereocenters. The summed E-state index contributed by atoms with van der Waals surface area (Å²) in [6.07, 6.45) is 1.05. The number of aliphatic hydroxyl groups excluding tert-OH is 1. The van der Waals surface area contributed by atoms with Crippen molar-refractivity contribution in [2.75, 3.05) is 0 Å². The molecule has 21 heavy (non-hydrogen) atoms. The Balaban J connectivity index is 1.95. The lowest BCUT2D eigenvalue weighted by Gasteiger charge is -2.14. The van der Waals surface area contributed by atoms with Crippen LogP contribution in [0.15, 0.2) is 65.6 Å². The Kier molecular flexibility index (Phi) is 3.59. The molecule has 0 spiro atoms. The third-order valence-electron chi connectivity index (χ3n) is 3.68. The first-order valence-electron chi connectivity index (χ1n) is 6.98. The summed E-state index contributed by atoms with van der Waals surface area (Å²) in [5.74, 6) is 0. The zero-order valence-corrected chi connectivity index (χ0v) is 11.9. The molecular weight excluding hydrogens is 262 g/mol.